The van der Waals surface area contributed by atoms with Crippen LogP contribution in [0.4, 0.5) is 5.69 Å². The van der Waals surface area contributed by atoms with E-state index in [1.54, 1.807) is 0 Å². The number of hydrogen-bond acceptors (Lipinski definition) is 4. The Hall–Kier alpha value is -1.88. The maximum absolute atomic E-state index is 10.9. The first-order valence-electron chi connectivity index (χ1n) is 9.83. The zero-order valence-corrected chi connectivity index (χ0v) is 15.4. The van der Waals surface area contributed by atoms with Crippen molar-refractivity contribution in [2.24, 2.45) is 0 Å². The first-order chi connectivity index (χ1) is 12.7. The Morgan fingerprint density at radius 1 is 0.885 bits per heavy atom. The van der Waals surface area contributed by atoms with Crippen molar-refractivity contribution < 1.29 is 5.11 Å². The summed E-state index contributed by atoms with van der Waals surface area (Å²) in [5.41, 5.74) is 6.57. The van der Waals surface area contributed by atoms with Gasteiger partial charge in [0, 0.05) is 26.2 Å². The summed E-state index contributed by atoms with van der Waals surface area (Å²) >= 11 is 0. The third kappa shape index (κ3) is 3.93. The van der Waals surface area contributed by atoms with E-state index < -0.39 is 5.60 Å². The van der Waals surface area contributed by atoms with Gasteiger partial charge in [-0.05, 0) is 49.4 Å². The van der Waals surface area contributed by atoms with Gasteiger partial charge in [0.25, 0.3) is 0 Å². The van der Waals surface area contributed by atoms with Crippen LogP contribution in [0.3, 0.4) is 0 Å². The van der Waals surface area contributed by atoms with Gasteiger partial charge in [-0.2, -0.15) is 0 Å². The van der Waals surface area contributed by atoms with Gasteiger partial charge < -0.3 is 15.4 Å². The number of piperidine rings is 1. The molecule has 1 fully saturated rings. The average molecular weight is 351 g/mol. The number of para-hydroxylation sites is 1. The Labute approximate surface area is 156 Å². The average Bonchev–Trinajstić information content (AvgIpc) is 3.10. The first kappa shape index (κ1) is 17.5. The molecule has 0 atom stereocenters. The van der Waals surface area contributed by atoms with Crippen LogP contribution in [0.1, 0.15) is 36.8 Å². The largest absolute Gasteiger partial charge is 0.385 e. The van der Waals surface area contributed by atoms with Crippen molar-refractivity contribution in [2.75, 3.05) is 31.6 Å². The summed E-state index contributed by atoms with van der Waals surface area (Å²) in [5, 5.41) is 13.2. The van der Waals surface area contributed by atoms with Gasteiger partial charge in [-0.15, -0.1) is 0 Å². The molecular formula is C22H29N3O. The van der Waals surface area contributed by atoms with Crippen molar-refractivity contribution in [3.05, 3.63) is 65.7 Å². The molecule has 0 aliphatic carbocycles. The van der Waals surface area contributed by atoms with E-state index in [1.165, 1.54) is 24.1 Å². The second-order valence-electron chi connectivity index (χ2n) is 7.64. The van der Waals surface area contributed by atoms with E-state index in [1.807, 2.05) is 18.2 Å². The number of fused-ring (bicyclic) bond motifs is 1. The second-order valence-corrected chi connectivity index (χ2v) is 7.64. The predicted molar refractivity (Wildman–Crippen MR) is 106 cm³/mol. The highest BCUT2D eigenvalue weighted by Crippen LogP contribution is 2.32. The van der Waals surface area contributed by atoms with Crippen molar-refractivity contribution in [3.63, 3.8) is 0 Å². The maximum atomic E-state index is 10.9. The van der Waals surface area contributed by atoms with Gasteiger partial charge in [0.05, 0.1) is 11.3 Å². The SMILES string of the molecule is OC1(c2ccccc2)CCN(CCCCN2Cc3ccccc3N2)CC1. The molecule has 2 aromatic rings. The first-order valence-corrected chi connectivity index (χ1v) is 9.83. The quantitative estimate of drug-likeness (QED) is 0.780. The van der Waals surface area contributed by atoms with Gasteiger partial charge in [0.15, 0.2) is 0 Å². The van der Waals surface area contributed by atoms with Crippen molar-refractivity contribution in [1.82, 2.24) is 9.91 Å². The van der Waals surface area contributed by atoms with Crippen LogP contribution in [0.5, 0.6) is 0 Å². The lowest BCUT2D eigenvalue weighted by molar-refractivity contribution is -0.0261. The number of hydrazine groups is 1. The van der Waals surface area contributed by atoms with Crippen LogP contribution in [0.15, 0.2) is 54.6 Å². The van der Waals surface area contributed by atoms with Crippen molar-refractivity contribution in [2.45, 2.75) is 37.8 Å². The molecule has 2 aliphatic rings. The van der Waals surface area contributed by atoms with E-state index >= 15 is 0 Å². The Balaban J connectivity index is 1.16. The lowest BCUT2D eigenvalue weighted by Gasteiger charge is -2.38. The summed E-state index contributed by atoms with van der Waals surface area (Å²) < 4.78 is 0. The number of nitrogens with zero attached hydrogens (tertiary/aromatic N) is 2. The van der Waals surface area contributed by atoms with Gasteiger partial charge in [-0.1, -0.05) is 48.5 Å². The molecule has 4 heteroatoms. The van der Waals surface area contributed by atoms with Crippen molar-refractivity contribution in [1.29, 1.82) is 0 Å². The molecule has 2 heterocycles. The van der Waals surface area contributed by atoms with Crippen LogP contribution in [-0.4, -0.2) is 41.2 Å². The van der Waals surface area contributed by atoms with Gasteiger partial charge in [-0.25, -0.2) is 5.01 Å². The number of likely N-dealkylation sites (tertiary alicyclic amines) is 1. The van der Waals surface area contributed by atoms with Crippen molar-refractivity contribution >= 4 is 5.69 Å². The van der Waals surface area contributed by atoms with E-state index in [-0.39, 0.29) is 0 Å². The second kappa shape index (κ2) is 7.78. The normalized spacial score (nSPS) is 19.9. The standard InChI is InChI=1S/C22H29N3O/c26-22(20-9-2-1-3-10-20)12-16-24(17-13-22)14-6-7-15-25-18-19-8-4-5-11-21(19)23-25/h1-5,8-11,23,26H,6-7,12-18H2. The fraction of sp³-hybridized carbons (Fsp3) is 0.455. The van der Waals surface area contributed by atoms with E-state index in [9.17, 15) is 5.11 Å². The molecule has 0 spiro atoms. The fourth-order valence-corrected chi connectivity index (χ4v) is 4.14. The molecule has 0 aromatic heterocycles. The van der Waals surface area contributed by atoms with E-state index in [2.05, 4.69) is 51.7 Å². The maximum Gasteiger partial charge on any atom is 0.0920 e. The number of nitrogens with one attached hydrogen (secondary N) is 1. The summed E-state index contributed by atoms with van der Waals surface area (Å²) in [6.07, 6.45) is 4.07. The molecule has 0 saturated carbocycles. The van der Waals surface area contributed by atoms with Gasteiger partial charge >= 0.3 is 0 Å². The van der Waals surface area contributed by atoms with Crippen LogP contribution in [-0.2, 0) is 12.1 Å². The Morgan fingerprint density at radius 3 is 2.35 bits per heavy atom. The summed E-state index contributed by atoms with van der Waals surface area (Å²) in [6.45, 7) is 5.18. The van der Waals surface area contributed by atoms with Crippen LogP contribution >= 0.6 is 0 Å². The zero-order chi connectivity index (χ0) is 17.8. The Kier molecular flexibility index (Phi) is 5.25. The van der Waals surface area contributed by atoms with Crippen LogP contribution in [0.25, 0.3) is 0 Å². The summed E-state index contributed by atoms with van der Waals surface area (Å²) in [7, 11) is 0. The lowest BCUT2D eigenvalue weighted by atomic mass is 9.84. The van der Waals surface area contributed by atoms with E-state index in [0.717, 1.165) is 51.1 Å². The minimum atomic E-state index is -0.636. The number of rotatable bonds is 6. The molecule has 2 aliphatic heterocycles. The summed E-state index contributed by atoms with van der Waals surface area (Å²) in [5.74, 6) is 0. The van der Waals surface area contributed by atoms with Crippen LogP contribution in [0, 0.1) is 0 Å². The Morgan fingerprint density at radius 2 is 1.58 bits per heavy atom. The Bertz CT molecular complexity index is 685. The van der Waals surface area contributed by atoms with Gasteiger partial charge in [-0.3, -0.25) is 0 Å². The molecule has 4 rings (SSSR count). The molecule has 0 amide bonds. The third-order valence-electron chi connectivity index (χ3n) is 5.80. The smallest absolute Gasteiger partial charge is 0.0920 e. The summed E-state index contributed by atoms with van der Waals surface area (Å²) in [6, 6.07) is 18.7. The highest BCUT2D eigenvalue weighted by Gasteiger charge is 2.33. The van der Waals surface area contributed by atoms with Crippen LogP contribution < -0.4 is 5.43 Å². The highest BCUT2D eigenvalue weighted by molar-refractivity contribution is 5.53. The van der Waals surface area contributed by atoms with E-state index in [4.69, 9.17) is 0 Å². The predicted octanol–water partition coefficient (Wildman–Crippen LogP) is 3.59. The molecule has 0 radical (unpaired) electrons. The van der Waals surface area contributed by atoms with Crippen molar-refractivity contribution in [3.8, 4) is 0 Å². The number of aliphatic hydroxyl groups is 1. The molecule has 1 saturated heterocycles. The molecule has 26 heavy (non-hydrogen) atoms. The molecular weight excluding hydrogens is 322 g/mol. The number of unbranched alkanes of at least 4 members (excludes halogenated alkanes) is 1. The van der Waals surface area contributed by atoms with Gasteiger partial charge in [0.1, 0.15) is 0 Å². The van der Waals surface area contributed by atoms with Crippen LogP contribution in [0.2, 0.25) is 0 Å². The fourth-order valence-electron chi connectivity index (χ4n) is 4.14. The monoisotopic (exact) mass is 351 g/mol. The minimum absolute atomic E-state index is 0.636. The third-order valence-corrected chi connectivity index (χ3v) is 5.80. The molecule has 138 valence electrons. The number of hydrogen-bond donors (Lipinski definition) is 2. The minimum Gasteiger partial charge on any atom is -0.385 e. The topological polar surface area (TPSA) is 38.7 Å². The molecule has 4 nitrogen and oxygen atoms in total. The number of benzene rings is 2. The molecule has 2 N–H and O–H groups in total. The zero-order valence-electron chi connectivity index (χ0n) is 15.4. The number of anilines is 1. The highest BCUT2D eigenvalue weighted by atomic mass is 16.3. The lowest BCUT2D eigenvalue weighted by Crippen LogP contribution is -2.43. The summed E-state index contributed by atoms with van der Waals surface area (Å²) in [4.78, 5) is 2.50. The van der Waals surface area contributed by atoms with E-state index in [0.29, 0.717) is 0 Å². The molecule has 0 unspecified atom stereocenters. The molecule has 2 aromatic carbocycles. The van der Waals surface area contributed by atoms with Gasteiger partial charge in [0.2, 0.25) is 0 Å². The molecule has 0 bridgehead atoms.